The van der Waals surface area contributed by atoms with Crippen molar-refractivity contribution in [2.24, 2.45) is 0 Å². The molecule has 0 saturated carbocycles. The number of aryl methyl sites for hydroxylation is 1. The largest absolute Gasteiger partial charge is 0.348 e. The topological polar surface area (TPSA) is 55.9 Å². The second-order valence-corrected chi connectivity index (χ2v) is 11.4. The number of nitrogens with zero attached hydrogens (tertiary/aromatic N) is 3. The van der Waals surface area contributed by atoms with Gasteiger partial charge in [-0.1, -0.05) is 78.3 Å². The summed E-state index contributed by atoms with van der Waals surface area (Å²) in [4.78, 5) is 33.5. The molecule has 1 spiro atoms. The van der Waals surface area contributed by atoms with E-state index < -0.39 is 11.0 Å². The van der Waals surface area contributed by atoms with E-state index in [1.54, 1.807) is 4.90 Å². The van der Waals surface area contributed by atoms with Crippen LogP contribution in [0, 0.1) is 6.92 Å². The summed E-state index contributed by atoms with van der Waals surface area (Å²) in [7, 11) is 3.66. The molecule has 0 aromatic heterocycles. The first-order chi connectivity index (χ1) is 18.8. The third-order valence-corrected chi connectivity index (χ3v) is 8.82. The van der Waals surface area contributed by atoms with Crippen molar-refractivity contribution in [2.45, 2.75) is 37.1 Å². The summed E-state index contributed by atoms with van der Waals surface area (Å²) < 4.78 is 0. The number of likely N-dealkylation sites (N-methyl/N-ethyl adjacent to an activating group) is 1. The van der Waals surface area contributed by atoms with E-state index >= 15 is 0 Å². The van der Waals surface area contributed by atoms with Gasteiger partial charge in [0.25, 0.3) is 0 Å². The fourth-order valence-electron chi connectivity index (χ4n) is 6.38. The van der Waals surface area contributed by atoms with Crippen LogP contribution in [0.5, 0.6) is 0 Å². The lowest BCUT2D eigenvalue weighted by Gasteiger charge is -2.45. The molecule has 3 aromatic carbocycles. The summed E-state index contributed by atoms with van der Waals surface area (Å²) in [6.45, 7) is 4.85. The number of piperidine rings is 1. The minimum atomic E-state index is -0.796. The highest BCUT2D eigenvalue weighted by atomic mass is 35.5. The van der Waals surface area contributed by atoms with Gasteiger partial charge >= 0.3 is 0 Å². The Bertz CT molecular complexity index is 1280. The van der Waals surface area contributed by atoms with Crippen LogP contribution in [0.3, 0.4) is 0 Å². The molecule has 0 aliphatic carbocycles. The van der Waals surface area contributed by atoms with Crippen LogP contribution in [0.1, 0.15) is 36.0 Å². The van der Waals surface area contributed by atoms with Crippen LogP contribution in [0.4, 0.5) is 5.69 Å². The van der Waals surface area contributed by atoms with Gasteiger partial charge in [0.1, 0.15) is 11.0 Å². The molecule has 3 aromatic rings. The van der Waals surface area contributed by atoms with Crippen LogP contribution in [0.2, 0.25) is 5.02 Å². The highest BCUT2D eigenvalue weighted by molar-refractivity contribution is 6.30. The predicted octanol–water partition coefficient (Wildman–Crippen LogP) is 4.84. The van der Waals surface area contributed by atoms with Gasteiger partial charge in [0, 0.05) is 37.9 Å². The van der Waals surface area contributed by atoms with Gasteiger partial charge in [0.05, 0.1) is 6.67 Å². The summed E-state index contributed by atoms with van der Waals surface area (Å²) in [6.07, 6.45) is 2.08. The second kappa shape index (κ2) is 11.0. The Balaban J connectivity index is 1.40. The molecular formula is C32H37ClN4O2. The molecule has 2 heterocycles. The fraction of sp³-hybridized carbons (Fsp3) is 0.375. The first-order valence-corrected chi connectivity index (χ1v) is 14.0. The summed E-state index contributed by atoms with van der Waals surface area (Å²) in [5.41, 5.74) is 2.74. The van der Waals surface area contributed by atoms with E-state index in [9.17, 15) is 9.59 Å². The summed E-state index contributed by atoms with van der Waals surface area (Å²) >= 11 is 6.34. The number of anilines is 1. The number of nitrogens with one attached hydrogen (secondary N) is 1. The number of amides is 2. The van der Waals surface area contributed by atoms with Gasteiger partial charge < -0.3 is 20.0 Å². The first-order valence-electron chi connectivity index (χ1n) is 13.7. The van der Waals surface area contributed by atoms with Crippen LogP contribution in [-0.2, 0) is 15.0 Å². The molecule has 2 amide bonds. The van der Waals surface area contributed by atoms with E-state index in [1.165, 1.54) is 0 Å². The molecule has 39 heavy (non-hydrogen) atoms. The van der Waals surface area contributed by atoms with Crippen molar-refractivity contribution in [1.82, 2.24) is 15.1 Å². The Labute approximate surface area is 236 Å². The van der Waals surface area contributed by atoms with Crippen molar-refractivity contribution in [3.05, 3.63) is 101 Å². The van der Waals surface area contributed by atoms with E-state index in [-0.39, 0.29) is 11.8 Å². The maximum absolute atomic E-state index is 14.0. The molecule has 0 radical (unpaired) electrons. The van der Waals surface area contributed by atoms with E-state index in [4.69, 9.17) is 11.6 Å². The van der Waals surface area contributed by atoms with E-state index in [0.717, 1.165) is 54.9 Å². The van der Waals surface area contributed by atoms with Crippen molar-refractivity contribution in [2.75, 3.05) is 45.3 Å². The predicted molar refractivity (Wildman–Crippen MR) is 157 cm³/mol. The smallest absolute Gasteiger partial charge is 0.247 e. The van der Waals surface area contributed by atoms with Crippen LogP contribution in [0.15, 0.2) is 78.9 Å². The minimum Gasteiger partial charge on any atom is -0.348 e. The fourth-order valence-corrected chi connectivity index (χ4v) is 6.55. The quantitative estimate of drug-likeness (QED) is 0.462. The summed E-state index contributed by atoms with van der Waals surface area (Å²) in [5, 5.41) is 3.76. The van der Waals surface area contributed by atoms with Crippen LogP contribution >= 0.6 is 11.6 Å². The van der Waals surface area contributed by atoms with Gasteiger partial charge in [0.15, 0.2) is 0 Å². The average molecular weight is 545 g/mol. The number of rotatable bonds is 7. The maximum atomic E-state index is 14.0. The number of likely N-dealkylation sites (tertiary alicyclic amines) is 1. The van der Waals surface area contributed by atoms with E-state index in [0.29, 0.717) is 18.1 Å². The third-order valence-electron chi connectivity index (χ3n) is 8.59. The molecule has 2 aliphatic heterocycles. The Morgan fingerprint density at radius 1 is 0.974 bits per heavy atom. The molecule has 0 unspecified atom stereocenters. The highest BCUT2D eigenvalue weighted by Gasteiger charge is 2.51. The van der Waals surface area contributed by atoms with Gasteiger partial charge in [-0.05, 0) is 61.6 Å². The molecule has 1 N–H and O–H groups in total. The Morgan fingerprint density at radius 2 is 1.56 bits per heavy atom. The molecule has 0 atom stereocenters. The highest BCUT2D eigenvalue weighted by Crippen LogP contribution is 2.41. The number of hydrogen-bond acceptors (Lipinski definition) is 4. The van der Waals surface area contributed by atoms with Crippen molar-refractivity contribution in [1.29, 1.82) is 0 Å². The zero-order chi connectivity index (χ0) is 27.6. The number of benzene rings is 3. The second-order valence-electron chi connectivity index (χ2n) is 11.0. The van der Waals surface area contributed by atoms with Gasteiger partial charge in [-0.2, -0.15) is 0 Å². The maximum Gasteiger partial charge on any atom is 0.247 e. The van der Waals surface area contributed by atoms with Gasteiger partial charge in [-0.15, -0.1) is 0 Å². The molecular weight excluding hydrogens is 508 g/mol. The first kappa shape index (κ1) is 27.2. The molecule has 2 aliphatic rings. The molecule has 2 fully saturated rings. The van der Waals surface area contributed by atoms with Gasteiger partial charge in [-0.3, -0.25) is 9.59 Å². The molecule has 5 rings (SSSR count). The summed E-state index contributed by atoms with van der Waals surface area (Å²) in [5.74, 6) is 0.165. The average Bonchev–Trinajstić information content (AvgIpc) is 3.27. The van der Waals surface area contributed by atoms with Crippen LogP contribution in [0.25, 0.3) is 0 Å². The molecule has 7 heteroatoms. The lowest BCUT2D eigenvalue weighted by atomic mass is 9.70. The monoisotopic (exact) mass is 544 g/mol. The molecule has 0 bridgehead atoms. The Kier molecular flexibility index (Phi) is 7.70. The zero-order valence-corrected chi connectivity index (χ0v) is 23.7. The van der Waals surface area contributed by atoms with E-state index in [2.05, 4.69) is 46.3 Å². The van der Waals surface area contributed by atoms with Crippen LogP contribution < -0.4 is 10.2 Å². The summed E-state index contributed by atoms with van der Waals surface area (Å²) in [6, 6.07) is 26.1. The lowest BCUT2D eigenvalue weighted by Crippen LogP contribution is -2.57. The lowest BCUT2D eigenvalue weighted by molar-refractivity contribution is -0.133. The van der Waals surface area contributed by atoms with Crippen molar-refractivity contribution < 1.29 is 9.59 Å². The standard InChI is InChI=1S/C32H37ClN4O2/c1-24-14-15-27(33)22-28(24)37-23-34-29(38)31(37)16-19-36(20-17-31)21-18-32(30(39)35(2)3,25-10-6-4-7-11-25)26-12-8-5-9-13-26/h4-15,22H,16-21,23H2,1-3H3,(H,34,38). The molecule has 204 valence electrons. The number of carbonyl (C=O) groups is 2. The Morgan fingerprint density at radius 3 is 2.13 bits per heavy atom. The number of carbonyl (C=O) groups excluding carboxylic acids is 2. The normalized spacial score (nSPS) is 17.3. The number of halogens is 1. The van der Waals surface area contributed by atoms with Crippen LogP contribution in [-0.4, -0.2) is 67.6 Å². The minimum absolute atomic E-state index is 0.0751. The van der Waals surface area contributed by atoms with Gasteiger partial charge in [-0.25, -0.2) is 0 Å². The van der Waals surface area contributed by atoms with Gasteiger partial charge in [0.2, 0.25) is 11.8 Å². The van der Waals surface area contributed by atoms with Crippen molar-refractivity contribution in [3.8, 4) is 0 Å². The zero-order valence-electron chi connectivity index (χ0n) is 23.0. The Hall–Kier alpha value is -3.35. The SMILES string of the molecule is Cc1ccc(Cl)cc1N1CNC(=O)C12CCN(CCC(C(=O)N(C)C)(c1ccccc1)c1ccccc1)CC2. The molecule has 6 nitrogen and oxygen atoms in total. The van der Waals surface area contributed by atoms with E-state index in [1.807, 2.05) is 68.7 Å². The molecule has 2 saturated heterocycles. The number of hydrogen-bond donors (Lipinski definition) is 1. The van der Waals surface area contributed by atoms with Crippen molar-refractivity contribution in [3.63, 3.8) is 0 Å². The third kappa shape index (κ3) is 4.92. The van der Waals surface area contributed by atoms with Crippen molar-refractivity contribution >= 4 is 29.1 Å².